The molecule has 24 heavy (non-hydrogen) atoms. The number of hydrogen-bond donors (Lipinski definition) is 0. The van der Waals surface area contributed by atoms with E-state index < -0.39 is 23.2 Å². The molecule has 120 valence electrons. The highest BCUT2D eigenvalue weighted by Crippen LogP contribution is 2.35. The zero-order valence-corrected chi connectivity index (χ0v) is 12.7. The first-order chi connectivity index (χ1) is 11.3. The molecule has 0 N–H and O–H groups in total. The van der Waals surface area contributed by atoms with E-state index in [4.69, 9.17) is 18.0 Å². The number of benzene rings is 2. The molecular weight excluding hydrogens is 341 g/mol. The van der Waals surface area contributed by atoms with Crippen LogP contribution >= 0.6 is 11.6 Å². The van der Waals surface area contributed by atoms with Gasteiger partial charge in [0, 0.05) is 10.9 Å². The third-order valence-corrected chi connectivity index (χ3v) is 3.78. The summed E-state index contributed by atoms with van der Waals surface area (Å²) in [7, 11) is 0. The van der Waals surface area contributed by atoms with Crippen LogP contribution in [0.2, 0.25) is 5.02 Å². The quantitative estimate of drug-likeness (QED) is 0.612. The predicted octanol–water partition coefficient (Wildman–Crippen LogP) is 4.38. The van der Waals surface area contributed by atoms with Gasteiger partial charge in [-0.2, -0.15) is 23.0 Å². The Labute approximate surface area is 139 Å². The fraction of sp³-hybridized carbons (Fsp3) is 0.0588. The van der Waals surface area contributed by atoms with Crippen LogP contribution in [-0.4, -0.2) is 15.7 Å². The van der Waals surface area contributed by atoms with Crippen LogP contribution in [0.25, 0.3) is 10.9 Å². The first-order valence-electron chi connectivity index (χ1n) is 6.67. The number of carbonyl (C=O) groups excluding carboxylic acids is 1. The highest BCUT2D eigenvalue weighted by Gasteiger charge is 2.37. The molecule has 0 amide bonds. The van der Waals surface area contributed by atoms with E-state index in [0.29, 0.717) is 16.5 Å². The van der Waals surface area contributed by atoms with Crippen molar-refractivity contribution in [2.45, 2.75) is 6.18 Å². The van der Waals surface area contributed by atoms with Gasteiger partial charge < -0.3 is 0 Å². The molecule has 2 aromatic carbocycles. The second kappa shape index (κ2) is 5.69. The molecule has 0 saturated heterocycles. The molecule has 0 radical (unpaired) electrons. The van der Waals surface area contributed by atoms with Crippen molar-refractivity contribution >= 4 is 28.4 Å². The molecule has 0 bridgehead atoms. The van der Waals surface area contributed by atoms with E-state index in [0.717, 1.165) is 16.8 Å². The molecule has 0 aliphatic carbocycles. The lowest BCUT2D eigenvalue weighted by atomic mass is 10.1. The van der Waals surface area contributed by atoms with Gasteiger partial charge in [0.25, 0.3) is 5.91 Å². The summed E-state index contributed by atoms with van der Waals surface area (Å²) < 4.78 is 40.5. The molecule has 3 rings (SSSR count). The zero-order chi connectivity index (χ0) is 17.5. The van der Waals surface area contributed by atoms with Crippen LogP contribution in [0.15, 0.2) is 42.6 Å². The van der Waals surface area contributed by atoms with Crippen molar-refractivity contribution in [1.29, 1.82) is 0 Å². The Hall–Kier alpha value is -2.78. The lowest BCUT2D eigenvalue weighted by Gasteiger charge is -2.13. The third kappa shape index (κ3) is 2.63. The van der Waals surface area contributed by atoms with Crippen molar-refractivity contribution in [2.75, 3.05) is 0 Å². The number of carbonyl (C=O) groups is 1. The van der Waals surface area contributed by atoms with Crippen molar-refractivity contribution < 1.29 is 18.0 Å². The van der Waals surface area contributed by atoms with Gasteiger partial charge in [0.05, 0.1) is 27.9 Å². The van der Waals surface area contributed by atoms with Crippen LogP contribution in [0.4, 0.5) is 13.2 Å². The van der Waals surface area contributed by atoms with E-state index in [2.05, 4.69) is 11.0 Å². The highest BCUT2D eigenvalue weighted by molar-refractivity contribution is 6.34. The Kier molecular flexibility index (Phi) is 3.82. The number of aromatic nitrogens is 2. The number of nitrogens with zero attached hydrogens (tertiary/aromatic N) is 2. The van der Waals surface area contributed by atoms with Crippen LogP contribution in [0.3, 0.4) is 0 Å². The zero-order valence-electron chi connectivity index (χ0n) is 11.9. The van der Waals surface area contributed by atoms with Gasteiger partial charge >= 0.3 is 6.18 Å². The van der Waals surface area contributed by atoms with Crippen molar-refractivity contribution in [3.63, 3.8) is 0 Å². The summed E-state index contributed by atoms with van der Waals surface area (Å²) >= 11 is 5.86. The second-order valence-corrected chi connectivity index (χ2v) is 5.35. The maximum Gasteiger partial charge on any atom is 0.417 e. The fourth-order valence-electron chi connectivity index (χ4n) is 2.35. The van der Waals surface area contributed by atoms with Crippen LogP contribution in [0.5, 0.6) is 0 Å². The van der Waals surface area contributed by atoms with E-state index in [-0.39, 0.29) is 5.02 Å². The molecule has 0 aliphatic rings. The lowest BCUT2D eigenvalue weighted by molar-refractivity contribution is -0.137. The summed E-state index contributed by atoms with van der Waals surface area (Å²) in [6.07, 6.45) is 1.97. The first kappa shape index (κ1) is 16.1. The van der Waals surface area contributed by atoms with Gasteiger partial charge in [0.15, 0.2) is 0 Å². The molecular formula is C17H8ClF3N2O. The minimum absolute atomic E-state index is 0.299. The van der Waals surface area contributed by atoms with Gasteiger partial charge in [-0.05, 0) is 30.3 Å². The molecule has 0 fully saturated rings. The smallest absolute Gasteiger partial charge is 0.267 e. The molecule has 3 aromatic rings. The number of halogens is 4. The van der Waals surface area contributed by atoms with Gasteiger partial charge in [-0.25, -0.2) is 0 Å². The van der Waals surface area contributed by atoms with Crippen molar-refractivity contribution in [3.05, 3.63) is 64.3 Å². The van der Waals surface area contributed by atoms with Crippen LogP contribution < -0.4 is 0 Å². The summed E-state index contributed by atoms with van der Waals surface area (Å²) in [5.41, 5.74) is -0.977. The number of terminal acetylenes is 1. The molecule has 1 heterocycles. The summed E-state index contributed by atoms with van der Waals surface area (Å²) in [4.78, 5) is 12.7. The SMILES string of the molecule is C#Cc1ccc2cnn(C(=O)c3c(Cl)cccc3C(F)(F)F)c2c1. The standard InChI is InChI=1S/C17H8ClF3N2O/c1-2-10-6-7-11-9-22-23(14(11)8-10)16(24)15-12(17(19,20)21)4-3-5-13(15)18/h1,3-9H. The molecule has 3 nitrogen and oxygen atoms in total. The normalized spacial score (nSPS) is 11.5. The Morgan fingerprint density at radius 2 is 2.00 bits per heavy atom. The van der Waals surface area contributed by atoms with Crippen molar-refractivity contribution in [2.24, 2.45) is 0 Å². The number of rotatable bonds is 1. The number of alkyl halides is 3. The number of fused-ring (bicyclic) bond motifs is 1. The predicted molar refractivity (Wildman–Crippen MR) is 83.9 cm³/mol. The third-order valence-electron chi connectivity index (χ3n) is 3.46. The van der Waals surface area contributed by atoms with E-state index in [1.165, 1.54) is 18.3 Å². The molecule has 0 spiro atoms. The maximum absolute atomic E-state index is 13.2. The highest BCUT2D eigenvalue weighted by atomic mass is 35.5. The summed E-state index contributed by atoms with van der Waals surface area (Å²) in [5.74, 6) is 1.43. The number of hydrogen-bond acceptors (Lipinski definition) is 2. The fourth-order valence-corrected chi connectivity index (χ4v) is 2.61. The van der Waals surface area contributed by atoms with Gasteiger partial charge in [-0.1, -0.05) is 23.6 Å². The molecule has 0 atom stereocenters. The summed E-state index contributed by atoms with van der Waals surface area (Å²) in [5, 5.41) is 4.16. The monoisotopic (exact) mass is 348 g/mol. The lowest BCUT2D eigenvalue weighted by Crippen LogP contribution is -2.20. The molecule has 0 saturated carbocycles. The van der Waals surface area contributed by atoms with Crippen LogP contribution in [0, 0.1) is 12.3 Å². The van der Waals surface area contributed by atoms with Gasteiger partial charge in [0.1, 0.15) is 0 Å². The largest absolute Gasteiger partial charge is 0.417 e. The maximum atomic E-state index is 13.2. The van der Waals surface area contributed by atoms with Crippen LogP contribution in [-0.2, 0) is 6.18 Å². The van der Waals surface area contributed by atoms with E-state index in [9.17, 15) is 18.0 Å². The van der Waals surface area contributed by atoms with Gasteiger partial charge in [-0.15, -0.1) is 6.42 Å². The van der Waals surface area contributed by atoms with Crippen molar-refractivity contribution in [1.82, 2.24) is 9.78 Å². The molecule has 0 unspecified atom stereocenters. The van der Waals surface area contributed by atoms with Gasteiger partial charge in [0.2, 0.25) is 0 Å². The second-order valence-electron chi connectivity index (χ2n) is 4.94. The summed E-state index contributed by atoms with van der Waals surface area (Å²) in [6.45, 7) is 0. The van der Waals surface area contributed by atoms with Gasteiger partial charge in [-0.3, -0.25) is 4.79 Å². The summed E-state index contributed by atoms with van der Waals surface area (Å²) in [6, 6.07) is 7.96. The van der Waals surface area contributed by atoms with E-state index in [1.807, 2.05) is 0 Å². The Morgan fingerprint density at radius 3 is 2.67 bits per heavy atom. The van der Waals surface area contributed by atoms with E-state index in [1.54, 1.807) is 12.1 Å². The minimum atomic E-state index is -4.72. The minimum Gasteiger partial charge on any atom is -0.267 e. The average molecular weight is 349 g/mol. The Balaban J connectivity index is 2.23. The Morgan fingerprint density at radius 1 is 1.25 bits per heavy atom. The molecule has 7 heteroatoms. The Bertz CT molecular complexity index is 999. The topological polar surface area (TPSA) is 34.9 Å². The molecule has 0 aliphatic heterocycles. The van der Waals surface area contributed by atoms with Crippen LogP contribution in [0.1, 0.15) is 21.5 Å². The molecule has 1 aromatic heterocycles. The first-order valence-corrected chi connectivity index (χ1v) is 7.05. The van der Waals surface area contributed by atoms with E-state index >= 15 is 0 Å². The average Bonchev–Trinajstić information content (AvgIpc) is 2.96. The van der Waals surface area contributed by atoms with Crippen molar-refractivity contribution in [3.8, 4) is 12.3 Å².